The van der Waals surface area contributed by atoms with E-state index in [0.29, 0.717) is 35.6 Å². The summed E-state index contributed by atoms with van der Waals surface area (Å²) >= 11 is 0. The molecule has 12 heteroatoms. The van der Waals surface area contributed by atoms with Crippen molar-refractivity contribution in [2.45, 2.75) is 59.1 Å². The maximum absolute atomic E-state index is 14.4. The molecule has 1 heterocycles. The zero-order chi connectivity index (χ0) is 28.8. The normalized spacial score (nSPS) is 11.9. The highest BCUT2D eigenvalue weighted by Gasteiger charge is 2.26. The molecule has 0 aliphatic heterocycles. The molecule has 2 aromatic rings. The number of aromatic nitrogens is 2. The predicted molar refractivity (Wildman–Crippen MR) is 144 cm³/mol. The third-order valence-electron chi connectivity index (χ3n) is 5.51. The summed E-state index contributed by atoms with van der Waals surface area (Å²) < 4.78 is 19.7. The van der Waals surface area contributed by atoms with Gasteiger partial charge in [0, 0.05) is 33.4 Å². The summed E-state index contributed by atoms with van der Waals surface area (Å²) in [4.78, 5) is 48.7. The van der Waals surface area contributed by atoms with Gasteiger partial charge in [0.25, 0.3) is 5.91 Å². The van der Waals surface area contributed by atoms with Gasteiger partial charge in [-0.25, -0.2) is 19.2 Å². The van der Waals surface area contributed by atoms with Crippen LogP contribution in [0.15, 0.2) is 18.2 Å². The Bertz CT molecular complexity index is 1180. The highest BCUT2D eigenvalue weighted by atomic mass is 19.1. The van der Waals surface area contributed by atoms with Crippen LogP contribution in [0, 0.1) is 5.82 Å². The highest BCUT2D eigenvalue weighted by molar-refractivity contribution is 5.96. The average molecular weight is 532 g/mol. The van der Waals surface area contributed by atoms with Crippen molar-refractivity contribution in [3.8, 4) is 0 Å². The average Bonchev–Trinajstić information content (AvgIpc) is 2.81. The van der Waals surface area contributed by atoms with Crippen molar-refractivity contribution in [3.63, 3.8) is 0 Å². The van der Waals surface area contributed by atoms with Crippen LogP contribution in [-0.4, -0.2) is 72.1 Å². The van der Waals surface area contributed by atoms with Crippen LogP contribution in [-0.2, 0) is 22.4 Å². The summed E-state index contributed by atoms with van der Waals surface area (Å²) in [5.74, 6) is -0.973. The molecular formula is C26H38FN7O4. The van der Waals surface area contributed by atoms with E-state index in [0.717, 1.165) is 0 Å². The molecule has 1 aromatic carbocycles. The van der Waals surface area contributed by atoms with Crippen LogP contribution >= 0.6 is 0 Å². The van der Waals surface area contributed by atoms with Gasteiger partial charge in [0.1, 0.15) is 17.5 Å². The number of amides is 3. The number of halogens is 1. The van der Waals surface area contributed by atoms with Gasteiger partial charge in [-0.2, -0.15) is 0 Å². The van der Waals surface area contributed by atoms with E-state index >= 15 is 0 Å². The van der Waals surface area contributed by atoms with E-state index in [-0.39, 0.29) is 24.0 Å². The topological polar surface area (TPSA) is 143 Å². The number of carbonyl (C=O) groups is 3. The first-order valence-electron chi connectivity index (χ1n) is 12.3. The van der Waals surface area contributed by atoms with Crippen LogP contribution in [0.25, 0.3) is 0 Å². The van der Waals surface area contributed by atoms with Crippen LogP contribution in [0.2, 0.25) is 0 Å². The van der Waals surface area contributed by atoms with Gasteiger partial charge in [0.15, 0.2) is 17.3 Å². The van der Waals surface area contributed by atoms with Crippen molar-refractivity contribution in [2.24, 2.45) is 5.73 Å². The lowest BCUT2D eigenvalue weighted by molar-refractivity contribution is -0.125. The van der Waals surface area contributed by atoms with Crippen molar-refractivity contribution in [1.29, 1.82) is 0 Å². The molecule has 0 bridgehead atoms. The monoisotopic (exact) mass is 531 g/mol. The number of hydrogen-bond acceptors (Lipinski definition) is 8. The summed E-state index contributed by atoms with van der Waals surface area (Å²) in [5.41, 5.74) is 6.34. The van der Waals surface area contributed by atoms with Crippen LogP contribution in [0.1, 0.15) is 56.4 Å². The summed E-state index contributed by atoms with van der Waals surface area (Å²) in [5, 5.41) is 5.71. The lowest BCUT2D eigenvalue weighted by Gasteiger charge is -2.28. The number of anilines is 3. The molecule has 208 valence electrons. The van der Waals surface area contributed by atoms with Crippen LogP contribution in [0.5, 0.6) is 0 Å². The lowest BCUT2D eigenvalue weighted by Crippen LogP contribution is -2.47. The minimum Gasteiger partial charge on any atom is -0.444 e. The van der Waals surface area contributed by atoms with E-state index in [9.17, 15) is 18.8 Å². The first kappa shape index (κ1) is 30.3. The largest absolute Gasteiger partial charge is 0.444 e. The van der Waals surface area contributed by atoms with Gasteiger partial charge in [0.05, 0.1) is 5.69 Å². The van der Waals surface area contributed by atoms with Crippen LogP contribution < -0.4 is 21.3 Å². The minimum atomic E-state index is -0.766. The number of ether oxygens (including phenoxy) is 1. The number of primary amides is 1. The quantitative estimate of drug-likeness (QED) is 0.425. The van der Waals surface area contributed by atoms with Gasteiger partial charge in [-0.15, -0.1) is 0 Å². The maximum Gasteiger partial charge on any atom is 0.410 e. The molecule has 4 N–H and O–H groups in total. The Morgan fingerprint density at radius 1 is 1.13 bits per heavy atom. The van der Waals surface area contributed by atoms with Crippen molar-refractivity contribution < 1.29 is 23.5 Å². The van der Waals surface area contributed by atoms with Crippen molar-refractivity contribution in [2.75, 3.05) is 37.9 Å². The number of benzene rings is 1. The van der Waals surface area contributed by atoms with Crippen molar-refractivity contribution in [3.05, 3.63) is 41.0 Å². The van der Waals surface area contributed by atoms with E-state index in [2.05, 4.69) is 20.6 Å². The number of rotatable bonds is 10. The molecule has 0 radical (unpaired) electrons. The smallest absolute Gasteiger partial charge is 0.410 e. The summed E-state index contributed by atoms with van der Waals surface area (Å²) in [6.07, 6.45) is 0.250. The fourth-order valence-corrected chi connectivity index (χ4v) is 3.46. The molecule has 3 amide bonds. The highest BCUT2D eigenvalue weighted by Crippen LogP contribution is 2.25. The second-order valence-electron chi connectivity index (χ2n) is 10.1. The number of nitrogens with one attached hydrogen (secondary N) is 2. The van der Waals surface area contributed by atoms with Crippen LogP contribution in [0.4, 0.5) is 26.5 Å². The molecule has 11 nitrogen and oxygen atoms in total. The second-order valence-corrected chi connectivity index (χ2v) is 10.1. The fourth-order valence-electron chi connectivity index (χ4n) is 3.46. The molecule has 0 saturated carbocycles. The fraction of sp³-hybridized carbons (Fsp3) is 0.500. The van der Waals surface area contributed by atoms with Gasteiger partial charge < -0.3 is 26.0 Å². The second kappa shape index (κ2) is 12.5. The van der Waals surface area contributed by atoms with Crippen molar-refractivity contribution >= 4 is 35.2 Å². The molecule has 0 spiro atoms. The summed E-state index contributed by atoms with van der Waals surface area (Å²) in [6, 6.07) is 3.52. The van der Waals surface area contributed by atoms with Gasteiger partial charge >= 0.3 is 6.09 Å². The number of carbonyl (C=O) groups excluding carboxylic acids is 3. The minimum absolute atomic E-state index is 0.0476. The third-order valence-corrected chi connectivity index (χ3v) is 5.51. The molecule has 1 atom stereocenters. The van der Waals surface area contributed by atoms with Gasteiger partial charge in [-0.1, -0.05) is 6.92 Å². The van der Waals surface area contributed by atoms with Crippen molar-refractivity contribution in [1.82, 2.24) is 20.2 Å². The van der Waals surface area contributed by atoms with Gasteiger partial charge in [-0.05, 0) is 64.3 Å². The predicted octanol–water partition coefficient (Wildman–Crippen LogP) is 3.00. The van der Waals surface area contributed by atoms with Crippen LogP contribution in [0.3, 0.4) is 0 Å². The molecule has 0 saturated heterocycles. The summed E-state index contributed by atoms with van der Waals surface area (Å²) in [6.45, 7) is 8.92. The molecule has 0 unspecified atom stereocenters. The number of nitrogens with two attached hydrogens (primary N) is 1. The molecule has 0 aliphatic rings. The molecule has 2 rings (SSSR count). The maximum atomic E-state index is 14.4. The SMILES string of the molecule is CCc1nc(C(N)=O)c(Nc2cc(F)cc(CCNC(=O)[C@H](C)N(C)C(=O)OC(C)(C)C)c2)nc1N(C)C. The Morgan fingerprint density at radius 3 is 2.34 bits per heavy atom. The standard InChI is InChI=1S/C26H38FN7O4/c1-9-19-23(33(6)7)32-22(20(31-19)21(28)35)30-18-13-16(12-17(27)14-18)10-11-29-24(36)15(2)34(8)25(37)38-26(3,4)5/h12-15H,9-11H2,1-8H3,(H2,28,35)(H,29,36)(H,30,32)/t15-/m0/s1. The first-order chi connectivity index (χ1) is 17.6. The van der Waals surface area contributed by atoms with E-state index in [1.165, 1.54) is 24.1 Å². The van der Waals surface area contributed by atoms with E-state index in [1.54, 1.807) is 52.8 Å². The number of likely N-dealkylation sites (N-methyl/N-ethyl adjacent to an activating group) is 1. The Morgan fingerprint density at radius 2 is 1.79 bits per heavy atom. The number of aryl methyl sites for hydroxylation is 1. The van der Waals surface area contributed by atoms with Gasteiger partial charge in [0.2, 0.25) is 5.91 Å². The zero-order valence-electron chi connectivity index (χ0n) is 23.3. The van der Waals surface area contributed by atoms with E-state index in [4.69, 9.17) is 10.5 Å². The van der Waals surface area contributed by atoms with Gasteiger partial charge in [-0.3, -0.25) is 14.5 Å². The zero-order valence-corrected chi connectivity index (χ0v) is 23.3. The molecular weight excluding hydrogens is 493 g/mol. The molecule has 0 aliphatic carbocycles. The first-order valence-corrected chi connectivity index (χ1v) is 12.3. The molecule has 0 fully saturated rings. The Balaban J connectivity index is 2.13. The number of hydrogen-bond donors (Lipinski definition) is 3. The lowest BCUT2D eigenvalue weighted by atomic mass is 10.1. The Labute approximate surface area is 222 Å². The Kier molecular flexibility index (Phi) is 9.97. The number of nitrogens with zero attached hydrogens (tertiary/aromatic N) is 4. The molecule has 38 heavy (non-hydrogen) atoms. The Hall–Kier alpha value is -3.96. The summed E-state index contributed by atoms with van der Waals surface area (Å²) in [7, 11) is 5.09. The van der Waals surface area contributed by atoms with E-state index < -0.39 is 29.5 Å². The molecule has 1 aromatic heterocycles. The third kappa shape index (κ3) is 8.29. The van der Waals surface area contributed by atoms with E-state index in [1.807, 2.05) is 6.92 Å².